The maximum absolute atomic E-state index is 12.2. The van der Waals surface area contributed by atoms with E-state index in [4.69, 9.17) is 0 Å². The smallest absolute Gasteiger partial charge is 0.225 e. The Balaban J connectivity index is 1.83. The number of aliphatic hydroxyl groups is 1. The van der Waals surface area contributed by atoms with Crippen LogP contribution in [0.1, 0.15) is 32.1 Å². The van der Waals surface area contributed by atoms with Crippen LogP contribution in [0.15, 0.2) is 12.7 Å². The Morgan fingerprint density at radius 2 is 2.20 bits per heavy atom. The highest BCUT2D eigenvalue weighted by atomic mass is 16.3. The molecule has 0 spiro atoms. The van der Waals surface area contributed by atoms with E-state index in [2.05, 4.69) is 11.9 Å². The van der Waals surface area contributed by atoms with Crippen LogP contribution in [0, 0.1) is 11.3 Å². The number of rotatable bonds is 6. The maximum Gasteiger partial charge on any atom is 0.225 e. The van der Waals surface area contributed by atoms with Crippen molar-refractivity contribution in [3.05, 3.63) is 12.7 Å². The van der Waals surface area contributed by atoms with Gasteiger partial charge in [0.1, 0.15) is 0 Å². The van der Waals surface area contributed by atoms with Crippen LogP contribution < -0.4 is 5.32 Å². The van der Waals surface area contributed by atoms with E-state index in [0.717, 1.165) is 25.7 Å². The molecule has 5 nitrogen and oxygen atoms in total. The van der Waals surface area contributed by atoms with Gasteiger partial charge in [0.2, 0.25) is 11.8 Å². The van der Waals surface area contributed by atoms with Crippen LogP contribution in [-0.4, -0.2) is 48.1 Å². The summed E-state index contributed by atoms with van der Waals surface area (Å²) in [5, 5.41) is 12.5. The first kappa shape index (κ1) is 15.0. The van der Waals surface area contributed by atoms with Gasteiger partial charge in [-0.3, -0.25) is 9.59 Å². The lowest BCUT2D eigenvalue weighted by Crippen LogP contribution is -2.41. The Labute approximate surface area is 120 Å². The van der Waals surface area contributed by atoms with E-state index in [9.17, 15) is 14.7 Å². The molecule has 0 unspecified atom stereocenters. The molecule has 1 aliphatic heterocycles. The second-order valence-electron chi connectivity index (χ2n) is 6.07. The molecule has 0 aromatic carbocycles. The molecule has 2 aliphatic rings. The van der Waals surface area contributed by atoms with Gasteiger partial charge in [-0.1, -0.05) is 18.9 Å². The second kappa shape index (κ2) is 6.39. The van der Waals surface area contributed by atoms with E-state index in [1.54, 1.807) is 11.0 Å². The molecule has 0 aromatic rings. The largest absolute Gasteiger partial charge is 0.396 e. The van der Waals surface area contributed by atoms with E-state index >= 15 is 0 Å². The van der Waals surface area contributed by atoms with E-state index < -0.39 is 0 Å². The van der Waals surface area contributed by atoms with Gasteiger partial charge < -0.3 is 15.3 Å². The zero-order valence-corrected chi connectivity index (χ0v) is 11.9. The van der Waals surface area contributed by atoms with Crippen LogP contribution in [0.4, 0.5) is 0 Å². The van der Waals surface area contributed by atoms with Gasteiger partial charge in [-0.2, -0.15) is 0 Å². The van der Waals surface area contributed by atoms with Crippen LogP contribution in [0.2, 0.25) is 0 Å². The Kier molecular flexibility index (Phi) is 4.81. The highest BCUT2D eigenvalue weighted by Crippen LogP contribution is 2.37. The van der Waals surface area contributed by atoms with Crippen LogP contribution >= 0.6 is 0 Å². The Hall–Kier alpha value is -1.36. The molecular weight excluding hydrogens is 256 g/mol. The lowest BCUT2D eigenvalue weighted by molar-refractivity contribution is -0.128. The van der Waals surface area contributed by atoms with Crippen molar-refractivity contribution < 1.29 is 14.7 Å². The van der Waals surface area contributed by atoms with Crippen molar-refractivity contribution in [1.82, 2.24) is 10.2 Å². The molecule has 20 heavy (non-hydrogen) atoms. The van der Waals surface area contributed by atoms with Gasteiger partial charge in [-0.05, 0) is 12.8 Å². The summed E-state index contributed by atoms with van der Waals surface area (Å²) in [6, 6.07) is 0. The van der Waals surface area contributed by atoms with Gasteiger partial charge in [-0.25, -0.2) is 0 Å². The molecule has 0 bridgehead atoms. The van der Waals surface area contributed by atoms with Crippen molar-refractivity contribution in [3.8, 4) is 0 Å². The summed E-state index contributed by atoms with van der Waals surface area (Å²) in [5.74, 6) is -0.313. The number of amides is 2. The fraction of sp³-hybridized carbons (Fsp3) is 0.733. The number of aliphatic hydroxyl groups excluding tert-OH is 1. The quantitative estimate of drug-likeness (QED) is 0.703. The number of hydrogen-bond acceptors (Lipinski definition) is 3. The molecule has 2 rings (SSSR count). The van der Waals surface area contributed by atoms with Crippen LogP contribution in [-0.2, 0) is 9.59 Å². The van der Waals surface area contributed by atoms with Crippen molar-refractivity contribution in [1.29, 1.82) is 0 Å². The molecule has 1 saturated heterocycles. The normalized spacial score (nSPS) is 24.9. The average molecular weight is 280 g/mol. The van der Waals surface area contributed by atoms with Crippen molar-refractivity contribution in [2.24, 2.45) is 11.3 Å². The number of likely N-dealkylation sites (tertiary alicyclic amines) is 1. The highest BCUT2D eigenvalue weighted by molar-refractivity contribution is 5.89. The van der Waals surface area contributed by atoms with E-state index in [1.165, 1.54) is 0 Å². The van der Waals surface area contributed by atoms with Gasteiger partial charge >= 0.3 is 0 Å². The van der Waals surface area contributed by atoms with Crippen molar-refractivity contribution in [2.75, 3.05) is 26.2 Å². The van der Waals surface area contributed by atoms with Gasteiger partial charge in [-0.15, -0.1) is 6.58 Å². The summed E-state index contributed by atoms with van der Waals surface area (Å²) in [5.41, 5.74) is -0.140. The number of carbonyl (C=O) groups is 2. The van der Waals surface area contributed by atoms with Crippen LogP contribution in [0.3, 0.4) is 0 Å². The minimum Gasteiger partial charge on any atom is -0.396 e. The fourth-order valence-electron chi connectivity index (χ4n) is 3.21. The van der Waals surface area contributed by atoms with Crippen LogP contribution in [0.5, 0.6) is 0 Å². The third-order valence-corrected chi connectivity index (χ3v) is 4.57. The van der Waals surface area contributed by atoms with Gasteiger partial charge in [0, 0.05) is 31.5 Å². The fourth-order valence-corrected chi connectivity index (χ4v) is 3.21. The summed E-state index contributed by atoms with van der Waals surface area (Å²) in [7, 11) is 0. The highest BCUT2D eigenvalue weighted by Gasteiger charge is 2.37. The predicted octanol–water partition coefficient (Wildman–Crippen LogP) is 0.690. The van der Waals surface area contributed by atoms with Gasteiger partial charge in [0.15, 0.2) is 0 Å². The third kappa shape index (κ3) is 3.20. The predicted molar refractivity (Wildman–Crippen MR) is 75.9 cm³/mol. The first-order valence-electron chi connectivity index (χ1n) is 7.37. The molecule has 112 valence electrons. The van der Waals surface area contributed by atoms with E-state index in [1.807, 2.05) is 0 Å². The molecule has 2 amide bonds. The molecule has 1 atom stereocenters. The molecule has 0 radical (unpaired) electrons. The lowest BCUT2D eigenvalue weighted by atomic mass is 9.87. The summed E-state index contributed by atoms with van der Waals surface area (Å²) in [4.78, 5) is 25.5. The Morgan fingerprint density at radius 1 is 1.50 bits per heavy atom. The first-order valence-corrected chi connectivity index (χ1v) is 7.37. The molecule has 1 saturated carbocycles. The van der Waals surface area contributed by atoms with Crippen molar-refractivity contribution in [2.45, 2.75) is 32.1 Å². The lowest BCUT2D eigenvalue weighted by Gasteiger charge is -2.27. The number of carbonyl (C=O) groups excluding carboxylic acids is 2. The zero-order valence-electron chi connectivity index (χ0n) is 11.9. The number of hydrogen-bond donors (Lipinski definition) is 2. The molecular formula is C15H24N2O3. The van der Waals surface area contributed by atoms with Crippen molar-refractivity contribution in [3.63, 3.8) is 0 Å². The summed E-state index contributed by atoms with van der Waals surface area (Å²) in [6.07, 6.45) is 6.13. The second-order valence-corrected chi connectivity index (χ2v) is 6.07. The monoisotopic (exact) mass is 280 g/mol. The molecule has 1 heterocycles. The first-order chi connectivity index (χ1) is 9.60. The average Bonchev–Trinajstić information content (AvgIpc) is 3.05. The Bertz CT molecular complexity index is 389. The Morgan fingerprint density at radius 3 is 2.80 bits per heavy atom. The van der Waals surface area contributed by atoms with Crippen LogP contribution in [0.25, 0.3) is 0 Å². The van der Waals surface area contributed by atoms with E-state index in [-0.39, 0.29) is 36.2 Å². The molecule has 5 heteroatoms. The molecule has 2 fully saturated rings. The summed E-state index contributed by atoms with van der Waals surface area (Å²) in [6.45, 7) is 5.24. The summed E-state index contributed by atoms with van der Waals surface area (Å²) >= 11 is 0. The van der Waals surface area contributed by atoms with Gasteiger partial charge in [0.05, 0.1) is 12.5 Å². The SMILES string of the molecule is C=CCN1C[C@@H](C(=O)NCC2(CO)CCCC2)CC1=O. The summed E-state index contributed by atoms with van der Waals surface area (Å²) < 4.78 is 0. The topological polar surface area (TPSA) is 69.6 Å². The molecule has 1 aliphatic carbocycles. The minimum absolute atomic E-state index is 0.0165. The number of nitrogens with zero attached hydrogens (tertiary/aromatic N) is 1. The van der Waals surface area contributed by atoms with E-state index in [0.29, 0.717) is 19.6 Å². The van der Waals surface area contributed by atoms with Crippen molar-refractivity contribution >= 4 is 11.8 Å². The number of nitrogens with one attached hydrogen (secondary N) is 1. The minimum atomic E-state index is -0.264. The molecule has 0 aromatic heterocycles. The third-order valence-electron chi connectivity index (χ3n) is 4.57. The molecule has 2 N–H and O–H groups in total. The standard InChI is InChI=1S/C15H24N2O3/c1-2-7-17-9-12(8-13(17)19)14(20)16-10-15(11-18)5-3-4-6-15/h2,12,18H,1,3-11H2,(H,16,20)/t12-/m0/s1. The van der Waals surface area contributed by atoms with Gasteiger partial charge in [0.25, 0.3) is 0 Å². The zero-order chi connectivity index (χ0) is 14.6. The maximum atomic E-state index is 12.2.